The molecule has 0 spiro atoms. The summed E-state index contributed by atoms with van der Waals surface area (Å²) in [5, 5.41) is 3.53. The first-order chi connectivity index (χ1) is 10.2. The fourth-order valence-electron chi connectivity index (χ4n) is 3.12. The molecule has 0 fully saturated rings. The van der Waals surface area contributed by atoms with Crippen LogP contribution >= 0.6 is 15.9 Å². The Labute approximate surface area is 135 Å². The summed E-state index contributed by atoms with van der Waals surface area (Å²) < 4.78 is 1.13. The monoisotopic (exact) mass is 344 g/mol. The Morgan fingerprint density at radius 3 is 2.81 bits per heavy atom. The first kappa shape index (κ1) is 14.6. The van der Waals surface area contributed by atoms with E-state index in [9.17, 15) is 0 Å². The molecule has 0 aromatic heterocycles. The molecule has 1 N–H and O–H groups in total. The van der Waals surface area contributed by atoms with E-state index in [0.29, 0.717) is 6.04 Å². The van der Waals surface area contributed by atoms with Gasteiger partial charge >= 0.3 is 0 Å². The van der Waals surface area contributed by atoms with Crippen LogP contribution in [0.1, 0.15) is 31.0 Å². The number of anilines is 2. The summed E-state index contributed by atoms with van der Waals surface area (Å²) in [4.78, 5) is 2.45. The highest BCUT2D eigenvalue weighted by Gasteiger charge is 2.23. The van der Waals surface area contributed by atoms with Gasteiger partial charge in [0, 0.05) is 28.4 Å². The molecule has 1 aliphatic heterocycles. The van der Waals surface area contributed by atoms with Crippen molar-refractivity contribution in [1.82, 2.24) is 5.32 Å². The van der Waals surface area contributed by atoms with Gasteiger partial charge in [-0.15, -0.1) is 0 Å². The van der Waals surface area contributed by atoms with E-state index in [0.717, 1.165) is 24.0 Å². The molecule has 1 atom stereocenters. The number of hydrogen-bond donors (Lipinski definition) is 1. The van der Waals surface area contributed by atoms with Crippen LogP contribution in [-0.2, 0) is 6.42 Å². The van der Waals surface area contributed by atoms with Crippen LogP contribution in [0.2, 0.25) is 0 Å². The number of para-hydroxylation sites is 1. The van der Waals surface area contributed by atoms with E-state index in [4.69, 9.17) is 0 Å². The zero-order valence-electron chi connectivity index (χ0n) is 12.6. The minimum atomic E-state index is 0.353. The fraction of sp³-hybridized carbons (Fsp3) is 0.333. The van der Waals surface area contributed by atoms with Gasteiger partial charge in [-0.2, -0.15) is 0 Å². The molecule has 2 nitrogen and oxygen atoms in total. The molecule has 2 aromatic carbocycles. The Morgan fingerprint density at radius 2 is 2.00 bits per heavy atom. The number of hydrogen-bond acceptors (Lipinski definition) is 2. The van der Waals surface area contributed by atoms with Crippen LogP contribution in [0.3, 0.4) is 0 Å². The number of nitrogens with zero attached hydrogens (tertiary/aromatic N) is 1. The van der Waals surface area contributed by atoms with Crippen LogP contribution in [0.15, 0.2) is 46.9 Å². The topological polar surface area (TPSA) is 15.3 Å². The molecule has 0 aliphatic carbocycles. The van der Waals surface area contributed by atoms with E-state index >= 15 is 0 Å². The number of rotatable bonds is 4. The molecule has 0 saturated heterocycles. The molecule has 0 bridgehead atoms. The summed E-state index contributed by atoms with van der Waals surface area (Å²) >= 11 is 3.62. The SMILES string of the molecule is CCNC(C)c1ccc(Br)cc1N1CCc2ccccc21. The third-order valence-electron chi connectivity index (χ3n) is 4.15. The molecule has 1 unspecified atom stereocenters. The Hall–Kier alpha value is -1.32. The molecule has 0 radical (unpaired) electrons. The van der Waals surface area contributed by atoms with Gasteiger partial charge in [-0.3, -0.25) is 0 Å². The van der Waals surface area contributed by atoms with E-state index in [-0.39, 0.29) is 0 Å². The summed E-state index contributed by atoms with van der Waals surface area (Å²) in [6.07, 6.45) is 1.12. The quantitative estimate of drug-likeness (QED) is 0.855. The maximum absolute atomic E-state index is 3.62. The minimum absolute atomic E-state index is 0.353. The minimum Gasteiger partial charge on any atom is -0.341 e. The third-order valence-corrected chi connectivity index (χ3v) is 4.64. The van der Waals surface area contributed by atoms with Crippen molar-refractivity contribution in [2.45, 2.75) is 26.3 Å². The highest BCUT2D eigenvalue weighted by atomic mass is 79.9. The molecule has 0 saturated carbocycles. The first-order valence-corrected chi connectivity index (χ1v) is 8.38. The van der Waals surface area contributed by atoms with E-state index in [1.54, 1.807) is 0 Å². The van der Waals surface area contributed by atoms with Crippen molar-refractivity contribution in [3.05, 3.63) is 58.1 Å². The highest BCUT2D eigenvalue weighted by Crippen LogP contribution is 2.39. The van der Waals surface area contributed by atoms with Crippen LogP contribution in [0, 0.1) is 0 Å². The van der Waals surface area contributed by atoms with E-state index in [2.05, 4.69) is 82.5 Å². The first-order valence-electron chi connectivity index (χ1n) is 7.59. The lowest BCUT2D eigenvalue weighted by molar-refractivity contribution is 0.598. The molecule has 3 heteroatoms. The average Bonchev–Trinajstić information content (AvgIpc) is 2.91. The smallest absolute Gasteiger partial charge is 0.0470 e. The van der Waals surface area contributed by atoms with Gasteiger partial charge in [0.1, 0.15) is 0 Å². The molecular weight excluding hydrogens is 324 g/mol. The van der Waals surface area contributed by atoms with Gasteiger partial charge in [0.25, 0.3) is 0 Å². The van der Waals surface area contributed by atoms with Crippen molar-refractivity contribution >= 4 is 27.3 Å². The highest BCUT2D eigenvalue weighted by molar-refractivity contribution is 9.10. The standard InChI is InChI=1S/C18H21BrN2/c1-3-20-13(2)16-9-8-15(19)12-18(16)21-11-10-14-6-4-5-7-17(14)21/h4-9,12-13,20H,3,10-11H2,1-2H3. The molecule has 2 aromatic rings. The zero-order chi connectivity index (χ0) is 14.8. The second kappa shape index (κ2) is 6.20. The summed E-state index contributed by atoms with van der Waals surface area (Å²) in [6, 6.07) is 15.7. The molecule has 3 rings (SSSR count). The zero-order valence-corrected chi connectivity index (χ0v) is 14.2. The lowest BCUT2D eigenvalue weighted by Gasteiger charge is -2.26. The van der Waals surface area contributed by atoms with E-state index in [1.807, 2.05) is 0 Å². The molecule has 1 aliphatic rings. The van der Waals surface area contributed by atoms with Crippen molar-refractivity contribution in [3.63, 3.8) is 0 Å². The van der Waals surface area contributed by atoms with Crippen molar-refractivity contribution < 1.29 is 0 Å². The van der Waals surface area contributed by atoms with Crippen molar-refractivity contribution in [2.24, 2.45) is 0 Å². The maximum atomic E-state index is 3.62. The predicted molar refractivity (Wildman–Crippen MR) is 93.4 cm³/mol. The molecular formula is C18H21BrN2. The molecule has 110 valence electrons. The van der Waals surface area contributed by atoms with Crippen LogP contribution in [-0.4, -0.2) is 13.1 Å². The van der Waals surface area contributed by atoms with Crippen LogP contribution in [0.4, 0.5) is 11.4 Å². The summed E-state index contributed by atoms with van der Waals surface area (Å²) in [6.45, 7) is 6.42. The van der Waals surface area contributed by atoms with Crippen LogP contribution in [0.5, 0.6) is 0 Å². The van der Waals surface area contributed by atoms with E-state index in [1.165, 1.54) is 22.5 Å². The predicted octanol–water partition coefficient (Wildman–Crippen LogP) is 4.81. The van der Waals surface area contributed by atoms with Crippen LogP contribution in [0.25, 0.3) is 0 Å². The fourth-order valence-corrected chi connectivity index (χ4v) is 3.47. The molecule has 21 heavy (non-hydrogen) atoms. The Balaban J connectivity index is 2.04. The average molecular weight is 345 g/mol. The van der Waals surface area contributed by atoms with Gasteiger partial charge in [0.2, 0.25) is 0 Å². The van der Waals surface area contributed by atoms with Crippen molar-refractivity contribution in [3.8, 4) is 0 Å². The number of halogens is 1. The number of fused-ring (bicyclic) bond motifs is 1. The largest absolute Gasteiger partial charge is 0.341 e. The lowest BCUT2D eigenvalue weighted by Crippen LogP contribution is -2.22. The molecule has 1 heterocycles. The van der Waals surface area contributed by atoms with Gasteiger partial charge < -0.3 is 10.2 Å². The summed E-state index contributed by atoms with van der Waals surface area (Å²) in [5.41, 5.74) is 5.46. The molecule has 0 amide bonds. The number of nitrogens with one attached hydrogen (secondary N) is 1. The van der Waals surface area contributed by atoms with E-state index < -0.39 is 0 Å². The summed E-state index contributed by atoms with van der Waals surface area (Å²) in [7, 11) is 0. The van der Waals surface area contributed by atoms with Crippen molar-refractivity contribution in [1.29, 1.82) is 0 Å². The van der Waals surface area contributed by atoms with Gasteiger partial charge in [-0.1, -0.05) is 47.1 Å². The Kier molecular flexibility index (Phi) is 4.32. The normalized spacial score (nSPS) is 15.1. The van der Waals surface area contributed by atoms with Gasteiger partial charge in [-0.05, 0) is 49.2 Å². The third kappa shape index (κ3) is 2.85. The maximum Gasteiger partial charge on any atom is 0.0470 e. The Bertz CT molecular complexity index is 639. The lowest BCUT2D eigenvalue weighted by atomic mass is 10.0. The van der Waals surface area contributed by atoms with Gasteiger partial charge in [0.15, 0.2) is 0 Å². The Morgan fingerprint density at radius 1 is 1.19 bits per heavy atom. The number of benzene rings is 2. The van der Waals surface area contributed by atoms with Gasteiger partial charge in [0.05, 0.1) is 0 Å². The second-order valence-electron chi connectivity index (χ2n) is 5.51. The second-order valence-corrected chi connectivity index (χ2v) is 6.43. The summed E-state index contributed by atoms with van der Waals surface area (Å²) in [5.74, 6) is 0. The van der Waals surface area contributed by atoms with Gasteiger partial charge in [-0.25, -0.2) is 0 Å². The van der Waals surface area contributed by atoms with Crippen LogP contribution < -0.4 is 10.2 Å². The van der Waals surface area contributed by atoms with Crippen molar-refractivity contribution in [2.75, 3.05) is 18.0 Å².